The van der Waals surface area contributed by atoms with Crippen molar-refractivity contribution in [1.82, 2.24) is 0 Å². The SMILES string of the molecule is Cc1ccc(-c2ccc(-c3ccc(N)cc3)s2)cc1. The standard InChI is InChI=1S/C17H15NS/c1-12-2-4-13(5-3-12)16-10-11-17(19-16)14-6-8-15(18)9-7-14/h2-11H,18H2,1H3. The lowest BCUT2D eigenvalue weighted by atomic mass is 10.1. The molecule has 0 atom stereocenters. The molecule has 0 saturated heterocycles. The fourth-order valence-electron chi connectivity index (χ4n) is 2.01. The number of hydrogen-bond donors (Lipinski definition) is 1. The quantitative estimate of drug-likeness (QED) is 0.650. The molecule has 3 rings (SSSR count). The van der Waals surface area contributed by atoms with E-state index in [4.69, 9.17) is 5.73 Å². The Bertz CT molecular complexity index is 618. The highest BCUT2D eigenvalue weighted by Crippen LogP contribution is 2.34. The van der Waals surface area contributed by atoms with E-state index in [2.05, 4.69) is 55.5 Å². The molecule has 1 nitrogen and oxygen atoms in total. The summed E-state index contributed by atoms with van der Waals surface area (Å²) in [6.07, 6.45) is 0. The van der Waals surface area contributed by atoms with Gasteiger partial charge in [0.15, 0.2) is 0 Å². The van der Waals surface area contributed by atoms with E-state index in [-0.39, 0.29) is 0 Å². The van der Waals surface area contributed by atoms with Gasteiger partial charge < -0.3 is 5.73 Å². The number of hydrogen-bond acceptors (Lipinski definition) is 2. The zero-order valence-electron chi connectivity index (χ0n) is 10.8. The van der Waals surface area contributed by atoms with Gasteiger partial charge in [-0.15, -0.1) is 11.3 Å². The van der Waals surface area contributed by atoms with Crippen LogP contribution in [0.2, 0.25) is 0 Å². The summed E-state index contributed by atoms with van der Waals surface area (Å²) >= 11 is 1.81. The van der Waals surface area contributed by atoms with Gasteiger partial charge in [0.1, 0.15) is 0 Å². The van der Waals surface area contributed by atoms with Crippen LogP contribution in [0.4, 0.5) is 5.69 Å². The number of rotatable bonds is 2. The predicted molar refractivity (Wildman–Crippen MR) is 84.3 cm³/mol. The molecular weight excluding hydrogens is 250 g/mol. The number of aryl methyl sites for hydroxylation is 1. The molecule has 0 amide bonds. The van der Waals surface area contributed by atoms with E-state index >= 15 is 0 Å². The first-order chi connectivity index (χ1) is 9.22. The third kappa shape index (κ3) is 2.54. The van der Waals surface area contributed by atoms with Gasteiger partial charge in [-0.25, -0.2) is 0 Å². The van der Waals surface area contributed by atoms with Crippen molar-refractivity contribution in [3.8, 4) is 20.9 Å². The summed E-state index contributed by atoms with van der Waals surface area (Å²) < 4.78 is 0. The summed E-state index contributed by atoms with van der Waals surface area (Å²) in [7, 11) is 0. The number of anilines is 1. The van der Waals surface area contributed by atoms with E-state index in [1.54, 1.807) is 0 Å². The fraction of sp³-hybridized carbons (Fsp3) is 0.0588. The van der Waals surface area contributed by atoms with Gasteiger partial charge in [-0.1, -0.05) is 42.0 Å². The third-order valence-electron chi connectivity index (χ3n) is 3.14. The Morgan fingerprint density at radius 1 is 0.684 bits per heavy atom. The van der Waals surface area contributed by atoms with E-state index in [1.165, 1.54) is 26.4 Å². The minimum absolute atomic E-state index is 0.805. The Balaban J connectivity index is 1.95. The van der Waals surface area contributed by atoms with Crippen molar-refractivity contribution in [2.24, 2.45) is 0 Å². The predicted octanol–water partition coefficient (Wildman–Crippen LogP) is 4.97. The second kappa shape index (κ2) is 4.90. The molecule has 19 heavy (non-hydrogen) atoms. The Kier molecular flexibility index (Phi) is 3.10. The second-order valence-electron chi connectivity index (χ2n) is 4.65. The van der Waals surface area contributed by atoms with Crippen LogP contribution in [0.25, 0.3) is 20.9 Å². The molecule has 2 N–H and O–H groups in total. The van der Waals surface area contributed by atoms with Gasteiger partial charge in [0.2, 0.25) is 0 Å². The number of nitrogens with two attached hydrogens (primary N) is 1. The molecule has 1 heterocycles. The van der Waals surface area contributed by atoms with Crippen LogP contribution in [-0.2, 0) is 0 Å². The Morgan fingerprint density at radius 2 is 1.16 bits per heavy atom. The Hall–Kier alpha value is -2.06. The zero-order chi connectivity index (χ0) is 13.2. The van der Waals surface area contributed by atoms with Gasteiger partial charge in [-0.2, -0.15) is 0 Å². The molecular formula is C17H15NS. The van der Waals surface area contributed by atoms with E-state index in [0.29, 0.717) is 0 Å². The van der Waals surface area contributed by atoms with Crippen LogP contribution in [-0.4, -0.2) is 0 Å². The van der Waals surface area contributed by atoms with Crippen LogP contribution >= 0.6 is 11.3 Å². The molecule has 0 saturated carbocycles. The van der Waals surface area contributed by atoms with Gasteiger partial charge in [-0.05, 0) is 42.3 Å². The molecule has 0 unspecified atom stereocenters. The van der Waals surface area contributed by atoms with Crippen LogP contribution in [0.1, 0.15) is 5.56 Å². The average Bonchev–Trinajstić information content (AvgIpc) is 2.90. The van der Waals surface area contributed by atoms with Crippen molar-refractivity contribution in [1.29, 1.82) is 0 Å². The van der Waals surface area contributed by atoms with Gasteiger partial charge in [0, 0.05) is 15.4 Å². The minimum Gasteiger partial charge on any atom is -0.399 e. The van der Waals surface area contributed by atoms with E-state index in [9.17, 15) is 0 Å². The van der Waals surface area contributed by atoms with Crippen molar-refractivity contribution in [3.63, 3.8) is 0 Å². The molecule has 0 radical (unpaired) electrons. The van der Waals surface area contributed by atoms with Crippen molar-refractivity contribution in [2.45, 2.75) is 6.92 Å². The molecule has 2 aromatic carbocycles. The number of thiophene rings is 1. The maximum atomic E-state index is 5.72. The zero-order valence-corrected chi connectivity index (χ0v) is 11.6. The summed E-state index contributed by atoms with van der Waals surface area (Å²) in [5.74, 6) is 0. The highest BCUT2D eigenvalue weighted by atomic mass is 32.1. The van der Waals surface area contributed by atoms with Crippen LogP contribution in [0.3, 0.4) is 0 Å². The summed E-state index contributed by atoms with van der Waals surface area (Å²) in [5, 5.41) is 0. The van der Waals surface area contributed by atoms with E-state index in [1.807, 2.05) is 23.5 Å². The molecule has 0 aliphatic heterocycles. The lowest BCUT2D eigenvalue weighted by Gasteiger charge is -1.99. The van der Waals surface area contributed by atoms with E-state index in [0.717, 1.165) is 5.69 Å². The highest BCUT2D eigenvalue weighted by Gasteiger charge is 2.04. The summed E-state index contributed by atoms with van der Waals surface area (Å²) in [4.78, 5) is 2.57. The summed E-state index contributed by atoms with van der Waals surface area (Å²) in [6, 6.07) is 21.0. The topological polar surface area (TPSA) is 26.0 Å². The van der Waals surface area contributed by atoms with Crippen LogP contribution in [0, 0.1) is 6.92 Å². The van der Waals surface area contributed by atoms with Crippen molar-refractivity contribution in [3.05, 3.63) is 66.2 Å². The molecule has 0 spiro atoms. The largest absolute Gasteiger partial charge is 0.399 e. The van der Waals surface area contributed by atoms with Crippen LogP contribution in [0.15, 0.2) is 60.7 Å². The lowest BCUT2D eigenvalue weighted by Crippen LogP contribution is -1.82. The van der Waals surface area contributed by atoms with Gasteiger partial charge in [-0.3, -0.25) is 0 Å². The van der Waals surface area contributed by atoms with Gasteiger partial charge in [0.25, 0.3) is 0 Å². The van der Waals surface area contributed by atoms with Crippen molar-refractivity contribution < 1.29 is 0 Å². The monoisotopic (exact) mass is 265 g/mol. The number of nitrogen functional groups attached to an aromatic ring is 1. The molecule has 0 aliphatic carbocycles. The first-order valence-corrected chi connectivity index (χ1v) is 7.07. The molecule has 3 aromatic rings. The highest BCUT2D eigenvalue weighted by molar-refractivity contribution is 7.18. The average molecular weight is 265 g/mol. The van der Waals surface area contributed by atoms with Gasteiger partial charge >= 0.3 is 0 Å². The second-order valence-corrected chi connectivity index (χ2v) is 5.74. The normalized spacial score (nSPS) is 10.6. The Labute approximate surface area is 117 Å². The van der Waals surface area contributed by atoms with Crippen molar-refractivity contribution in [2.75, 3.05) is 5.73 Å². The van der Waals surface area contributed by atoms with E-state index < -0.39 is 0 Å². The molecule has 94 valence electrons. The fourth-order valence-corrected chi connectivity index (χ4v) is 3.03. The molecule has 2 heteroatoms. The van der Waals surface area contributed by atoms with Crippen molar-refractivity contribution >= 4 is 17.0 Å². The minimum atomic E-state index is 0.805. The molecule has 0 bridgehead atoms. The Morgan fingerprint density at radius 3 is 1.68 bits per heavy atom. The first kappa shape index (κ1) is 12.0. The molecule has 1 aromatic heterocycles. The summed E-state index contributed by atoms with van der Waals surface area (Å²) in [6.45, 7) is 2.11. The third-order valence-corrected chi connectivity index (χ3v) is 4.32. The maximum absolute atomic E-state index is 5.72. The number of benzene rings is 2. The van der Waals surface area contributed by atoms with Crippen LogP contribution < -0.4 is 5.73 Å². The molecule has 0 fully saturated rings. The van der Waals surface area contributed by atoms with Gasteiger partial charge in [0.05, 0.1) is 0 Å². The molecule has 0 aliphatic rings. The van der Waals surface area contributed by atoms with Crippen LogP contribution in [0.5, 0.6) is 0 Å². The lowest BCUT2D eigenvalue weighted by molar-refractivity contribution is 1.48. The summed E-state index contributed by atoms with van der Waals surface area (Å²) in [5.41, 5.74) is 10.3. The first-order valence-electron chi connectivity index (χ1n) is 6.25. The maximum Gasteiger partial charge on any atom is 0.0349 e. The smallest absolute Gasteiger partial charge is 0.0349 e.